The van der Waals surface area contributed by atoms with Crippen molar-refractivity contribution in [3.8, 4) is 0 Å². The zero-order valence-electron chi connectivity index (χ0n) is 11.9. The molecule has 1 aromatic carbocycles. The van der Waals surface area contributed by atoms with Gasteiger partial charge in [-0.3, -0.25) is 4.79 Å². The number of hydrogen-bond acceptors (Lipinski definition) is 2. The van der Waals surface area contributed by atoms with E-state index in [1.54, 1.807) is 0 Å². The Morgan fingerprint density at radius 3 is 2.95 bits per heavy atom. The van der Waals surface area contributed by atoms with Gasteiger partial charge in [0.05, 0.1) is 12.1 Å². The maximum absolute atomic E-state index is 12.3. The first-order chi connectivity index (χ1) is 9.15. The van der Waals surface area contributed by atoms with Gasteiger partial charge in [-0.25, -0.2) is 0 Å². The maximum Gasteiger partial charge on any atom is 0.239 e. The zero-order valence-corrected chi connectivity index (χ0v) is 11.9. The molecule has 0 bridgehead atoms. The van der Waals surface area contributed by atoms with E-state index in [1.807, 2.05) is 18.0 Å². The van der Waals surface area contributed by atoms with Gasteiger partial charge in [0.15, 0.2) is 0 Å². The summed E-state index contributed by atoms with van der Waals surface area (Å²) in [5, 5.41) is 0. The standard InChI is InChI=1S/C16H24N2O/c1-3-4-9-14(17)16(19)18(2)15-11-10-12-7-5-6-8-13(12)15/h5-8,14-15H,3-4,9-11,17H2,1-2H3. The third kappa shape index (κ3) is 2.98. The number of nitrogens with zero attached hydrogens (tertiary/aromatic N) is 1. The van der Waals surface area contributed by atoms with Crippen molar-refractivity contribution in [2.45, 2.75) is 51.1 Å². The number of fused-ring (bicyclic) bond motifs is 1. The Balaban J connectivity index is 2.05. The second kappa shape index (κ2) is 6.20. The molecule has 0 radical (unpaired) electrons. The molecular weight excluding hydrogens is 236 g/mol. The van der Waals surface area contributed by atoms with Crippen LogP contribution in [0.3, 0.4) is 0 Å². The summed E-state index contributed by atoms with van der Waals surface area (Å²) in [7, 11) is 1.89. The van der Waals surface area contributed by atoms with Gasteiger partial charge in [-0.1, -0.05) is 44.0 Å². The minimum absolute atomic E-state index is 0.0788. The molecule has 0 saturated heterocycles. The lowest BCUT2D eigenvalue weighted by molar-refractivity contribution is -0.133. The van der Waals surface area contributed by atoms with Gasteiger partial charge < -0.3 is 10.6 Å². The van der Waals surface area contributed by atoms with E-state index >= 15 is 0 Å². The van der Waals surface area contributed by atoms with Gasteiger partial charge in [0, 0.05) is 7.05 Å². The fourth-order valence-electron chi connectivity index (χ4n) is 2.90. The van der Waals surface area contributed by atoms with E-state index in [0.29, 0.717) is 0 Å². The average molecular weight is 260 g/mol. The average Bonchev–Trinajstić information content (AvgIpc) is 2.87. The summed E-state index contributed by atoms with van der Waals surface area (Å²) in [6.07, 6.45) is 4.96. The van der Waals surface area contributed by atoms with Gasteiger partial charge in [0.25, 0.3) is 0 Å². The van der Waals surface area contributed by atoms with Gasteiger partial charge in [-0.15, -0.1) is 0 Å². The molecule has 1 amide bonds. The molecule has 3 heteroatoms. The van der Waals surface area contributed by atoms with Crippen molar-refractivity contribution >= 4 is 5.91 Å². The summed E-state index contributed by atoms with van der Waals surface area (Å²) in [6, 6.07) is 8.26. The zero-order chi connectivity index (χ0) is 13.8. The number of aryl methyl sites for hydroxylation is 1. The van der Waals surface area contributed by atoms with Gasteiger partial charge >= 0.3 is 0 Å². The van der Waals surface area contributed by atoms with E-state index in [0.717, 1.165) is 32.1 Å². The summed E-state index contributed by atoms with van der Waals surface area (Å²) >= 11 is 0. The SMILES string of the molecule is CCCCC(N)C(=O)N(C)C1CCc2ccccc21. The smallest absolute Gasteiger partial charge is 0.239 e. The highest BCUT2D eigenvalue weighted by molar-refractivity contribution is 5.82. The molecule has 2 N–H and O–H groups in total. The third-order valence-corrected chi connectivity index (χ3v) is 4.10. The number of nitrogens with two attached hydrogens (primary N) is 1. The first kappa shape index (κ1) is 14.1. The van der Waals surface area contributed by atoms with Crippen LogP contribution in [0.15, 0.2) is 24.3 Å². The quantitative estimate of drug-likeness (QED) is 0.884. The van der Waals surface area contributed by atoms with E-state index in [1.165, 1.54) is 11.1 Å². The van der Waals surface area contributed by atoms with Crippen molar-refractivity contribution in [3.05, 3.63) is 35.4 Å². The molecule has 2 rings (SSSR count). The van der Waals surface area contributed by atoms with Crippen LogP contribution < -0.4 is 5.73 Å². The fraction of sp³-hybridized carbons (Fsp3) is 0.562. The lowest BCUT2D eigenvalue weighted by Crippen LogP contribution is -2.43. The molecular formula is C16H24N2O. The van der Waals surface area contributed by atoms with E-state index in [4.69, 9.17) is 5.73 Å². The van der Waals surface area contributed by atoms with Crippen molar-refractivity contribution < 1.29 is 4.79 Å². The minimum Gasteiger partial charge on any atom is -0.337 e. The largest absolute Gasteiger partial charge is 0.337 e. The second-order valence-electron chi connectivity index (χ2n) is 5.45. The Bertz CT molecular complexity index is 444. The first-order valence-corrected chi connectivity index (χ1v) is 7.25. The topological polar surface area (TPSA) is 46.3 Å². The van der Waals surface area contributed by atoms with Crippen LogP contribution in [0.25, 0.3) is 0 Å². The fourth-order valence-corrected chi connectivity index (χ4v) is 2.90. The second-order valence-corrected chi connectivity index (χ2v) is 5.45. The number of likely N-dealkylation sites (N-methyl/N-ethyl adjacent to an activating group) is 1. The Hall–Kier alpha value is -1.35. The van der Waals surface area contributed by atoms with Crippen LogP contribution in [0.1, 0.15) is 49.8 Å². The summed E-state index contributed by atoms with van der Waals surface area (Å²) in [5.41, 5.74) is 8.66. The van der Waals surface area contributed by atoms with Crippen molar-refractivity contribution in [3.63, 3.8) is 0 Å². The highest BCUT2D eigenvalue weighted by Crippen LogP contribution is 2.35. The number of amides is 1. The van der Waals surface area contributed by atoms with Crippen molar-refractivity contribution in [2.24, 2.45) is 5.73 Å². The monoisotopic (exact) mass is 260 g/mol. The van der Waals surface area contributed by atoms with Crippen LogP contribution in [0.5, 0.6) is 0 Å². The number of unbranched alkanes of at least 4 members (excludes halogenated alkanes) is 1. The predicted octanol–water partition coefficient (Wildman–Crippen LogP) is 2.65. The highest BCUT2D eigenvalue weighted by atomic mass is 16.2. The van der Waals surface area contributed by atoms with Gasteiger partial charge in [-0.2, -0.15) is 0 Å². The molecule has 0 spiro atoms. The molecule has 0 saturated carbocycles. The Morgan fingerprint density at radius 2 is 2.21 bits per heavy atom. The number of hydrogen-bond donors (Lipinski definition) is 1. The molecule has 0 aliphatic heterocycles. The molecule has 3 nitrogen and oxygen atoms in total. The summed E-state index contributed by atoms with van der Waals surface area (Å²) in [6.45, 7) is 2.12. The van der Waals surface area contributed by atoms with E-state index < -0.39 is 0 Å². The predicted molar refractivity (Wildman–Crippen MR) is 77.8 cm³/mol. The molecule has 1 aliphatic rings. The van der Waals surface area contributed by atoms with Crippen molar-refractivity contribution in [2.75, 3.05) is 7.05 Å². The molecule has 2 unspecified atom stereocenters. The molecule has 2 atom stereocenters. The number of rotatable bonds is 5. The Kier molecular flexibility index (Phi) is 4.59. The molecule has 104 valence electrons. The molecule has 1 aromatic rings. The highest BCUT2D eigenvalue weighted by Gasteiger charge is 2.30. The maximum atomic E-state index is 12.3. The Labute approximate surface area is 115 Å². The van der Waals surface area contributed by atoms with Gasteiger partial charge in [-0.05, 0) is 30.4 Å². The van der Waals surface area contributed by atoms with Crippen molar-refractivity contribution in [1.29, 1.82) is 0 Å². The Morgan fingerprint density at radius 1 is 1.47 bits per heavy atom. The number of carbonyl (C=O) groups is 1. The summed E-state index contributed by atoms with van der Waals surface area (Å²) in [4.78, 5) is 14.2. The molecule has 0 fully saturated rings. The minimum atomic E-state index is -0.349. The van der Waals surface area contributed by atoms with Crippen LogP contribution in [0.2, 0.25) is 0 Å². The number of benzene rings is 1. The van der Waals surface area contributed by atoms with Gasteiger partial charge in [0.2, 0.25) is 5.91 Å². The molecule has 1 aliphatic carbocycles. The normalized spacial score (nSPS) is 19.0. The van der Waals surface area contributed by atoms with Gasteiger partial charge in [0.1, 0.15) is 0 Å². The van der Waals surface area contributed by atoms with Crippen LogP contribution in [-0.2, 0) is 11.2 Å². The summed E-state index contributed by atoms with van der Waals surface area (Å²) in [5.74, 6) is 0.0788. The lowest BCUT2D eigenvalue weighted by atomic mass is 10.0. The number of carbonyl (C=O) groups excluding carboxylic acids is 1. The molecule has 19 heavy (non-hydrogen) atoms. The van der Waals surface area contributed by atoms with Crippen LogP contribution in [0.4, 0.5) is 0 Å². The van der Waals surface area contributed by atoms with E-state index in [2.05, 4.69) is 25.1 Å². The van der Waals surface area contributed by atoms with Crippen LogP contribution >= 0.6 is 0 Å². The van der Waals surface area contributed by atoms with Crippen molar-refractivity contribution in [1.82, 2.24) is 4.90 Å². The van der Waals surface area contributed by atoms with E-state index in [9.17, 15) is 4.79 Å². The third-order valence-electron chi connectivity index (χ3n) is 4.10. The molecule has 0 heterocycles. The van der Waals surface area contributed by atoms with E-state index in [-0.39, 0.29) is 18.0 Å². The van der Waals surface area contributed by atoms with Crippen LogP contribution in [-0.4, -0.2) is 23.9 Å². The molecule has 0 aromatic heterocycles. The lowest BCUT2D eigenvalue weighted by Gasteiger charge is -2.28. The van der Waals surface area contributed by atoms with Crippen LogP contribution in [0, 0.1) is 0 Å². The summed E-state index contributed by atoms with van der Waals surface area (Å²) < 4.78 is 0. The first-order valence-electron chi connectivity index (χ1n) is 7.25.